The smallest absolute Gasteiger partial charge is 0.342 e. The number of nitro groups is 4. The van der Waals surface area contributed by atoms with Crippen molar-refractivity contribution in [2.45, 2.75) is 97.9 Å². The number of imidazole rings is 4. The van der Waals surface area contributed by atoms with Crippen molar-refractivity contribution in [3.8, 4) is 0 Å². The van der Waals surface area contributed by atoms with E-state index in [0.29, 0.717) is 36.1 Å². The Morgan fingerprint density at radius 3 is 1.08 bits per heavy atom. The number of nitrogens with zero attached hydrogens (tertiary/aromatic N) is 12. The average molecular weight is 715 g/mol. The fourth-order valence-corrected chi connectivity index (χ4v) is 7.01. The predicted molar refractivity (Wildman–Crippen MR) is 181 cm³/mol. The maximum atomic E-state index is 12.0. The van der Waals surface area contributed by atoms with Crippen LogP contribution in [0.4, 0.5) is 23.3 Å². The van der Waals surface area contributed by atoms with E-state index in [1.807, 2.05) is 0 Å². The number of aryl methyl sites for hydroxylation is 4. The molecule has 0 aromatic carbocycles. The molecule has 0 unspecified atom stereocenters. The first-order valence-electron chi connectivity index (χ1n) is 16.2. The lowest BCUT2D eigenvalue weighted by atomic mass is 9.60. The number of nitrogens with two attached hydrogens (primary N) is 2. The molecule has 0 aliphatic carbocycles. The molecular formula is C29H42N14O8. The minimum absolute atomic E-state index is 0.0303. The molecular weight excluding hydrogens is 672 g/mol. The highest BCUT2D eigenvalue weighted by Crippen LogP contribution is 2.48. The normalized spacial score (nSPS) is 12.0. The summed E-state index contributed by atoms with van der Waals surface area (Å²) in [6.07, 6.45) is 5.96. The molecule has 0 bridgehead atoms. The third-order valence-electron chi connectivity index (χ3n) is 9.99. The number of aromatic nitrogens is 8. The van der Waals surface area contributed by atoms with Gasteiger partial charge < -0.3 is 51.9 Å². The van der Waals surface area contributed by atoms with Crippen LogP contribution >= 0.6 is 0 Å². The quantitative estimate of drug-likeness (QED) is 0.0979. The van der Waals surface area contributed by atoms with Gasteiger partial charge in [-0.05, 0) is 57.3 Å². The van der Waals surface area contributed by atoms with Crippen molar-refractivity contribution < 1.29 is 19.7 Å². The molecule has 0 amide bonds. The first-order valence-corrected chi connectivity index (χ1v) is 16.2. The Bertz CT molecular complexity index is 1780. The highest BCUT2D eigenvalue weighted by atomic mass is 16.6. The maximum Gasteiger partial charge on any atom is 0.342 e. The topological polar surface area (TPSA) is 296 Å². The average Bonchev–Trinajstić information content (AvgIpc) is 3.84. The fraction of sp³-hybridized carbons (Fsp3) is 0.586. The van der Waals surface area contributed by atoms with Crippen LogP contribution in [0.3, 0.4) is 0 Å². The van der Waals surface area contributed by atoms with Crippen molar-refractivity contribution in [3.05, 3.63) is 88.5 Å². The van der Waals surface area contributed by atoms with E-state index in [0.717, 1.165) is 24.8 Å². The largest absolute Gasteiger partial charge is 0.358 e. The van der Waals surface area contributed by atoms with Crippen LogP contribution in [-0.4, -0.2) is 70.0 Å². The molecule has 4 N–H and O–H groups in total. The zero-order chi connectivity index (χ0) is 37.7. The summed E-state index contributed by atoms with van der Waals surface area (Å²) in [4.78, 5) is 62.1. The second-order valence-corrected chi connectivity index (χ2v) is 12.6. The molecule has 4 aromatic rings. The van der Waals surface area contributed by atoms with Gasteiger partial charge in [0.2, 0.25) is 0 Å². The minimum Gasteiger partial charge on any atom is -0.358 e. The Morgan fingerprint density at radius 2 is 0.824 bits per heavy atom. The lowest BCUT2D eigenvalue weighted by Gasteiger charge is -2.49. The van der Waals surface area contributed by atoms with Gasteiger partial charge in [0.05, 0.1) is 26.2 Å². The van der Waals surface area contributed by atoms with Crippen molar-refractivity contribution >= 4 is 23.3 Å². The van der Waals surface area contributed by atoms with E-state index < -0.39 is 30.6 Å². The molecule has 22 heteroatoms. The van der Waals surface area contributed by atoms with Crippen molar-refractivity contribution in [1.29, 1.82) is 0 Å². The van der Waals surface area contributed by atoms with Crippen LogP contribution in [0.1, 0.15) is 61.8 Å². The molecule has 4 heterocycles. The molecule has 4 aromatic heterocycles. The van der Waals surface area contributed by atoms with E-state index in [9.17, 15) is 40.5 Å². The third-order valence-corrected chi connectivity index (χ3v) is 9.99. The van der Waals surface area contributed by atoms with Gasteiger partial charge in [-0.25, -0.2) is 38.2 Å². The summed E-state index contributed by atoms with van der Waals surface area (Å²) in [5, 5.41) is 47.8. The van der Waals surface area contributed by atoms with Gasteiger partial charge >= 0.3 is 23.3 Å². The van der Waals surface area contributed by atoms with Gasteiger partial charge in [0, 0.05) is 46.1 Å². The molecule has 0 saturated heterocycles. The summed E-state index contributed by atoms with van der Waals surface area (Å²) in [6.45, 7) is 6.95. The van der Waals surface area contributed by atoms with Gasteiger partial charge in [-0.2, -0.15) is 0 Å². The van der Waals surface area contributed by atoms with E-state index in [4.69, 9.17) is 11.5 Å². The minimum atomic E-state index is -1.32. The van der Waals surface area contributed by atoms with Gasteiger partial charge in [-0.3, -0.25) is 0 Å². The Hall–Kier alpha value is -5.64. The van der Waals surface area contributed by atoms with Crippen LogP contribution in [-0.2, 0) is 26.2 Å². The zero-order valence-electron chi connectivity index (χ0n) is 28.9. The molecule has 0 spiro atoms. The monoisotopic (exact) mass is 714 g/mol. The second-order valence-electron chi connectivity index (χ2n) is 12.6. The van der Waals surface area contributed by atoms with E-state index in [2.05, 4.69) is 19.9 Å². The Balaban J connectivity index is 1.90. The van der Waals surface area contributed by atoms with Gasteiger partial charge in [0.15, 0.2) is 23.3 Å². The summed E-state index contributed by atoms with van der Waals surface area (Å²) in [7, 11) is 0. The molecule has 4 rings (SSSR count). The maximum absolute atomic E-state index is 12.0. The van der Waals surface area contributed by atoms with Crippen LogP contribution in [0.2, 0.25) is 0 Å². The zero-order valence-corrected chi connectivity index (χ0v) is 28.9. The van der Waals surface area contributed by atoms with E-state index in [1.165, 1.54) is 18.3 Å². The molecule has 0 atom stereocenters. The highest BCUT2D eigenvalue weighted by molar-refractivity contribution is 5.22. The highest BCUT2D eigenvalue weighted by Gasteiger charge is 2.50. The first kappa shape index (κ1) is 38.2. The van der Waals surface area contributed by atoms with Crippen molar-refractivity contribution in [2.24, 2.45) is 16.9 Å². The molecule has 0 saturated carbocycles. The molecule has 22 nitrogen and oxygen atoms in total. The Kier molecular flexibility index (Phi) is 11.6. The predicted octanol–water partition coefficient (Wildman–Crippen LogP) is 3.42. The molecule has 51 heavy (non-hydrogen) atoms. The Labute approximate surface area is 291 Å². The van der Waals surface area contributed by atoms with E-state index in [1.54, 1.807) is 27.7 Å². The van der Waals surface area contributed by atoms with Crippen molar-refractivity contribution in [1.82, 2.24) is 38.2 Å². The van der Waals surface area contributed by atoms with E-state index >= 15 is 0 Å². The van der Waals surface area contributed by atoms with Crippen LogP contribution < -0.4 is 11.5 Å². The van der Waals surface area contributed by atoms with Crippen LogP contribution in [0.25, 0.3) is 0 Å². The van der Waals surface area contributed by atoms with Crippen molar-refractivity contribution in [2.75, 3.05) is 6.54 Å². The number of rotatable bonds is 20. The van der Waals surface area contributed by atoms with Crippen LogP contribution in [0, 0.1) is 73.6 Å². The van der Waals surface area contributed by atoms with Gasteiger partial charge in [0.25, 0.3) is 0 Å². The van der Waals surface area contributed by atoms with Gasteiger partial charge in [-0.15, -0.1) is 0 Å². The molecule has 0 aliphatic heterocycles. The van der Waals surface area contributed by atoms with Gasteiger partial charge in [0.1, 0.15) is 24.8 Å². The SMILES string of the molecule is Cc1ncc([N+](=O)[O-])n1CCC(N)(CCn1c([N+](=O)[O-])cnc1C)C(CCCN)(CCn1c([N+](=O)[O-])cnc1C)CCn1c([N+](=O)[O-])cnc1C. The lowest BCUT2D eigenvalue weighted by Crippen LogP contribution is -2.57. The summed E-state index contributed by atoms with van der Waals surface area (Å²) in [6, 6.07) is 0. The first-order chi connectivity index (χ1) is 24.1. The second kappa shape index (κ2) is 15.5. The molecule has 0 fully saturated rings. The van der Waals surface area contributed by atoms with Crippen molar-refractivity contribution in [3.63, 3.8) is 0 Å². The number of hydrogen-bond acceptors (Lipinski definition) is 14. The Morgan fingerprint density at radius 1 is 0.549 bits per heavy atom. The summed E-state index contributed by atoms with van der Waals surface area (Å²) in [5.74, 6) is 0.520. The fourth-order valence-electron chi connectivity index (χ4n) is 7.01. The number of hydrogen-bond donors (Lipinski definition) is 2. The third kappa shape index (κ3) is 7.90. The molecule has 276 valence electrons. The van der Waals surface area contributed by atoms with Crippen LogP contribution in [0.15, 0.2) is 24.8 Å². The summed E-state index contributed by atoms with van der Waals surface area (Å²) < 4.78 is 5.77. The van der Waals surface area contributed by atoms with E-state index in [-0.39, 0.29) is 81.7 Å². The standard InChI is InChI=1S/C29H42N14O8/c1-20-32-16-24(40(44)45)36(20)12-7-28(6-5-11-30,8-13-37-21(2)33-17-25(37)41(46)47)29(31,9-14-38-22(3)34-18-26(38)42(48)49)10-15-39-23(4)35-19-27(39)43(50)51/h16-19H,5-15,30-31H2,1-4H3. The van der Waals surface area contributed by atoms with Gasteiger partial charge in [-0.1, -0.05) is 0 Å². The lowest BCUT2D eigenvalue weighted by molar-refractivity contribution is -0.392. The molecule has 0 aliphatic rings. The van der Waals surface area contributed by atoms with Crippen LogP contribution in [0.5, 0.6) is 0 Å². The summed E-state index contributed by atoms with van der Waals surface area (Å²) in [5.41, 5.74) is 11.3. The molecule has 0 radical (unpaired) electrons. The summed E-state index contributed by atoms with van der Waals surface area (Å²) >= 11 is 0.